The topological polar surface area (TPSA) is 81.4 Å². The van der Waals surface area contributed by atoms with Crippen molar-refractivity contribution in [2.24, 2.45) is 0 Å². The maximum Gasteiger partial charge on any atom is 0.340 e. The third kappa shape index (κ3) is 4.45. The van der Waals surface area contributed by atoms with Crippen molar-refractivity contribution < 1.29 is 14.3 Å². The smallest absolute Gasteiger partial charge is 0.340 e. The number of hydrogen-bond donors (Lipinski definition) is 2. The van der Waals surface area contributed by atoms with Crippen LogP contribution in [0.15, 0.2) is 24.3 Å². The summed E-state index contributed by atoms with van der Waals surface area (Å²) in [7, 11) is 0. The van der Waals surface area contributed by atoms with Gasteiger partial charge in [-0.2, -0.15) is 0 Å². The number of para-hydroxylation sites is 1. The van der Waals surface area contributed by atoms with Crippen LogP contribution < -0.4 is 11.1 Å². The number of nitrogens with one attached hydrogen (secondary N) is 1. The molecule has 0 saturated carbocycles. The van der Waals surface area contributed by atoms with Crippen molar-refractivity contribution >= 4 is 17.6 Å². The van der Waals surface area contributed by atoms with Gasteiger partial charge in [0.1, 0.15) is 0 Å². The molecule has 0 heterocycles. The highest BCUT2D eigenvalue weighted by Gasteiger charge is 2.16. The number of anilines is 1. The summed E-state index contributed by atoms with van der Waals surface area (Å²) in [6.45, 7) is 5.23. The largest absolute Gasteiger partial charge is 0.452 e. The van der Waals surface area contributed by atoms with E-state index in [0.717, 1.165) is 0 Å². The fourth-order valence-corrected chi connectivity index (χ4v) is 1.35. The number of carbonyl (C=O) groups is 2. The molecule has 18 heavy (non-hydrogen) atoms. The van der Waals surface area contributed by atoms with Crippen LogP contribution in [0.5, 0.6) is 0 Å². The molecule has 1 rings (SSSR count). The lowest BCUT2D eigenvalue weighted by Gasteiger charge is -2.20. The van der Waals surface area contributed by atoms with Gasteiger partial charge in [0.2, 0.25) is 0 Å². The molecule has 0 unspecified atom stereocenters. The lowest BCUT2D eigenvalue weighted by molar-refractivity contribution is -0.125. The normalized spacial score (nSPS) is 10.8. The second kappa shape index (κ2) is 5.53. The maximum atomic E-state index is 11.7. The first kappa shape index (κ1) is 14.0. The zero-order valence-electron chi connectivity index (χ0n) is 10.8. The van der Waals surface area contributed by atoms with Gasteiger partial charge in [-0.1, -0.05) is 12.1 Å². The predicted molar refractivity (Wildman–Crippen MR) is 69.0 cm³/mol. The van der Waals surface area contributed by atoms with E-state index in [-0.39, 0.29) is 23.6 Å². The molecule has 0 aromatic heterocycles. The summed E-state index contributed by atoms with van der Waals surface area (Å²) in [5.74, 6) is -0.942. The van der Waals surface area contributed by atoms with Crippen LogP contribution in [0.1, 0.15) is 31.1 Å². The number of carbonyl (C=O) groups excluding carboxylic acids is 2. The molecule has 1 aromatic rings. The van der Waals surface area contributed by atoms with Gasteiger partial charge >= 0.3 is 5.97 Å². The number of amides is 1. The molecule has 1 amide bonds. The Morgan fingerprint density at radius 3 is 2.44 bits per heavy atom. The highest BCUT2D eigenvalue weighted by atomic mass is 16.5. The van der Waals surface area contributed by atoms with Crippen LogP contribution in [0.4, 0.5) is 5.69 Å². The van der Waals surface area contributed by atoms with E-state index >= 15 is 0 Å². The van der Waals surface area contributed by atoms with E-state index in [0.29, 0.717) is 5.69 Å². The highest BCUT2D eigenvalue weighted by Crippen LogP contribution is 2.11. The Kier molecular flexibility index (Phi) is 4.31. The standard InChI is InChI=1S/C13H18N2O3/c1-13(2,3)15-11(16)8-18-12(17)9-6-4-5-7-10(9)14/h4-7H,8,14H2,1-3H3,(H,15,16). The van der Waals surface area contributed by atoms with E-state index in [2.05, 4.69) is 5.32 Å². The Morgan fingerprint density at radius 1 is 1.28 bits per heavy atom. The number of benzene rings is 1. The molecule has 5 nitrogen and oxygen atoms in total. The van der Waals surface area contributed by atoms with Gasteiger partial charge in [0.25, 0.3) is 5.91 Å². The monoisotopic (exact) mass is 250 g/mol. The number of esters is 1. The van der Waals surface area contributed by atoms with Crippen molar-refractivity contribution in [3.63, 3.8) is 0 Å². The second-order valence-electron chi connectivity index (χ2n) is 4.96. The molecular weight excluding hydrogens is 232 g/mol. The van der Waals surface area contributed by atoms with Crippen LogP contribution in [0, 0.1) is 0 Å². The molecule has 0 spiro atoms. The van der Waals surface area contributed by atoms with Crippen molar-refractivity contribution in [2.75, 3.05) is 12.3 Å². The van der Waals surface area contributed by atoms with Crippen molar-refractivity contribution in [1.82, 2.24) is 5.32 Å². The summed E-state index contributed by atoms with van der Waals surface area (Å²) in [4.78, 5) is 23.1. The molecule has 0 fully saturated rings. The molecule has 1 aromatic carbocycles. The van der Waals surface area contributed by atoms with E-state index in [1.807, 2.05) is 20.8 Å². The minimum atomic E-state index is -0.600. The molecule has 0 aliphatic rings. The van der Waals surface area contributed by atoms with E-state index in [4.69, 9.17) is 10.5 Å². The summed E-state index contributed by atoms with van der Waals surface area (Å²) >= 11 is 0. The highest BCUT2D eigenvalue weighted by molar-refractivity contribution is 5.96. The summed E-state index contributed by atoms with van der Waals surface area (Å²) in [6.07, 6.45) is 0. The summed E-state index contributed by atoms with van der Waals surface area (Å²) < 4.78 is 4.89. The minimum absolute atomic E-state index is 0.265. The van der Waals surface area contributed by atoms with E-state index in [1.165, 1.54) is 0 Å². The SMILES string of the molecule is CC(C)(C)NC(=O)COC(=O)c1ccccc1N. The fraction of sp³-hybridized carbons (Fsp3) is 0.385. The van der Waals surface area contributed by atoms with Gasteiger partial charge in [-0.15, -0.1) is 0 Å². The van der Waals surface area contributed by atoms with E-state index in [9.17, 15) is 9.59 Å². The van der Waals surface area contributed by atoms with Crippen molar-refractivity contribution in [3.05, 3.63) is 29.8 Å². The van der Waals surface area contributed by atoms with Gasteiger partial charge in [-0.3, -0.25) is 4.79 Å². The number of ether oxygens (including phenoxy) is 1. The van der Waals surface area contributed by atoms with Crippen LogP contribution in [-0.4, -0.2) is 24.0 Å². The molecule has 0 radical (unpaired) electrons. The molecular formula is C13H18N2O3. The van der Waals surface area contributed by atoms with Crippen LogP contribution in [-0.2, 0) is 9.53 Å². The Hall–Kier alpha value is -2.04. The maximum absolute atomic E-state index is 11.7. The van der Waals surface area contributed by atoms with Crippen molar-refractivity contribution in [1.29, 1.82) is 0 Å². The number of hydrogen-bond acceptors (Lipinski definition) is 4. The predicted octanol–water partition coefficient (Wildman–Crippen LogP) is 1.34. The van der Waals surface area contributed by atoms with Crippen molar-refractivity contribution in [3.8, 4) is 0 Å². The molecule has 3 N–H and O–H groups in total. The van der Waals surface area contributed by atoms with Gasteiger partial charge < -0.3 is 15.8 Å². The van der Waals surface area contributed by atoms with Gasteiger partial charge in [0.15, 0.2) is 6.61 Å². The van der Waals surface area contributed by atoms with Gasteiger partial charge in [0.05, 0.1) is 5.56 Å². The van der Waals surface area contributed by atoms with E-state index < -0.39 is 5.97 Å². The third-order valence-corrected chi connectivity index (χ3v) is 2.03. The molecule has 0 bridgehead atoms. The quantitative estimate of drug-likeness (QED) is 0.626. The Bertz CT molecular complexity index is 450. The summed E-state index contributed by atoms with van der Waals surface area (Å²) in [6, 6.07) is 6.56. The second-order valence-corrected chi connectivity index (χ2v) is 4.96. The molecule has 0 saturated heterocycles. The average molecular weight is 250 g/mol. The summed E-state index contributed by atoms with van der Waals surface area (Å²) in [5, 5.41) is 2.69. The molecule has 5 heteroatoms. The third-order valence-electron chi connectivity index (χ3n) is 2.03. The summed E-state index contributed by atoms with van der Waals surface area (Å²) in [5.41, 5.74) is 5.87. The lowest BCUT2D eigenvalue weighted by Crippen LogP contribution is -2.42. The Labute approximate surface area is 106 Å². The van der Waals surface area contributed by atoms with Gasteiger partial charge in [0, 0.05) is 11.2 Å². The zero-order chi connectivity index (χ0) is 13.8. The first-order chi connectivity index (χ1) is 8.29. The van der Waals surface area contributed by atoms with Crippen LogP contribution in [0.3, 0.4) is 0 Å². The van der Waals surface area contributed by atoms with Gasteiger partial charge in [-0.05, 0) is 32.9 Å². The number of nitrogens with two attached hydrogens (primary N) is 1. The van der Waals surface area contributed by atoms with E-state index in [1.54, 1.807) is 24.3 Å². The molecule has 98 valence electrons. The minimum Gasteiger partial charge on any atom is -0.452 e. The Morgan fingerprint density at radius 2 is 1.89 bits per heavy atom. The van der Waals surface area contributed by atoms with Crippen molar-refractivity contribution in [2.45, 2.75) is 26.3 Å². The van der Waals surface area contributed by atoms with Crippen LogP contribution >= 0.6 is 0 Å². The first-order valence-electron chi connectivity index (χ1n) is 5.62. The molecule has 0 aliphatic carbocycles. The Balaban J connectivity index is 2.52. The van der Waals surface area contributed by atoms with Crippen LogP contribution in [0.2, 0.25) is 0 Å². The average Bonchev–Trinajstić information content (AvgIpc) is 2.24. The molecule has 0 aliphatic heterocycles. The van der Waals surface area contributed by atoms with Gasteiger partial charge in [-0.25, -0.2) is 4.79 Å². The number of nitrogen functional groups attached to an aromatic ring is 1. The lowest BCUT2D eigenvalue weighted by atomic mass is 10.1. The zero-order valence-corrected chi connectivity index (χ0v) is 10.8. The van der Waals surface area contributed by atoms with Crippen LogP contribution in [0.25, 0.3) is 0 Å². The number of rotatable bonds is 3. The fourth-order valence-electron chi connectivity index (χ4n) is 1.35. The first-order valence-corrected chi connectivity index (χ1v) is 5.62. The molecule has 0 atom stereocenters.